The van der Waals surface area contributed by atoms with Gasteiger partial charge >= 0.3 is 0 Å². The summed E-state index contributed by atoms with van der Waals surface area (Å²) in [6.45, 7) is 4.16. The maximum atomic E-state index is 13.1. The second-order valence-electron chi connectivity index (χ2n) is 5.41. The first-order valence-electron chi connectivity index (χ1n) is 6.96. The summed E-state index contributed by atoms with van der Waals surface area (Å²) < 4.78 is 15.2. The van der Waals surface area contributed by atoms with Crippen molar-refractivity contribution < 1.29 is 9.18 Å². The monoisotopic (exact) mass is 281 g/mol. The van der Waals surface area contributed by atoms with Gasteiger partial charge in [0.15, 0.2) is 6.29 Å². The molecule has 0 saturated heterocycles. The van der Waals surface area contributed by atoms with Gasteiger partial charge in [-0.1, -0.05) is 24.3 Å². The quantitative estimate of drug-likeness (QED) is 0.629. The molecule has 0 fully saturated rings. The van der Waals surface area contributed by atoms with Crippen molar-refractivity contribution in [1.29, 1.82) is 0 Å². The van der Waals surface area contributed by atoms with Crippen molar-refractivity contribution in [1.82, 2.24) is 4.57 Å². The molecule has 0 amide bonds. The molecule has 1 heterocycles. The molecule has 0 aliphatic rings. The summed E-state index contributed by atoms with van der Waals surface area (Å²) >= 11 is 0. The van der Waals surface area contributed by atoms with Crippen LogP contribution in [0.5, 0.6) is 0 Å². The van der Waals surface area contributed by atoms with E-state index < -0.39 is 0 Å². The lowest BCUT2D eigenvalue weighted by atomic mass is 9.99. The van der Waals surface area contributed by atoms with Gasteiger partial charge in [0.25, 0.3) is 0 Å². The lowest BCUT2D eigenvalue weighted by Crippen LogP contribution is -1.97. The number of hydrogen-bond donors (Lipinski definition) is 0. The minimum atomic E-state index is -0.263. The molecule has 0 N–H and O–H groups in total. The van der Waals surface area contributed by atoms with Crippen LogP contribution in [0.15, 0.2) is 48.7 Å². The van der Waals surface area contributed by atoms with E-state index in [4.69, 9.17) is 0 Å². The second kappa shape index (κ2) is 5.17. The van der Waals surface area contributed by atoms with Crippen molar-refractivity contribution in [2.24, 2.45) is 0 Å². The predicted octanol–water partition coefficient (Wildman–Crippen LogP) is 4.84. The zero-order chi connectivity index (χ0) is 15.0. The average molecular weight is 281 g/mol. The molecule has 3 heteroatoms. The summed E-state index contributed by atoms with van der Waals surface area (Å²) in [4.78, 5) is 11.4. The van der Waals surface area contributed by atoms with Crippen LogP contribution in [-0.4, -0.2) is 10.9 Å². The molecule has 0 unspecified atom stereocenters. The molecule has 0 bridgehead atoms. The molecule has 2 aromatic carbocycles. The molecule has 2 nitrogen and oxygen atoms in total. The normalized spacial score (nSPS) is 11.2. The molecule has 21 heavy (non-hydrogen) atoms. The van der Waals surface area contributed by atoms with Gasteiger partial charge in [-0.3, -0.25) is 4.79 Å². The SMILES string of the molecule is CC(C)n1cc(C=O)c2c(-c3ccc(F)cc3)cccc21. The maximum absolute atomic E-state index is 13.1. The number of carbonyl (C=O) groups is 1. The molecule has 0 atom stereocenters. The first-order chi connectivity index (χ1) is 10.1. The van der Waals surface area contributed by atoms with Gasteiger partial charge in [0.05, 0.1) is 0 Å². The third-order valence-electron chi connectivity index (χ3n) is 3.73. The number of fused-ring (bicyclic) bond motifs is 1. The Labute approximate surface area is 122 Å². The molecule has 0 radical (unpaired) electrons. The highest BCUT2D eigenvalue weighted by atomic mass is 19.1. The summed E-state index contributed by atoms with van der Waals surface area (Å²) in [5, 5.41) is 0.924. The molecule has 1 aromatic heterocycles. The zero-order valence-electron chi connectivity index (χ0n) is 12.0. The Morgan fingerprint density at radius 1 is 1.10 bits per heavy atom. The highest BCUT2D eigenvalue weighted by Gasteiger charge is 2.14. The van der Waals surface area contributed by atoms with E-state index in [1.807, 2.05) is 24.4 Å². The molecular formula is C18H16FNO. The first kappa shape index (κ1) is 13.6. The number of aromatic nitrogens is 1. The first-order valence-corrected chi connectivity index (χ1v) is 6.96. The van der Waals surface area contributed by atoms with E-state index in [9.17, 15) is 9.18 Å². The predicted molar refractivity (Wildman–Crippen MR) is 83.1 cm³/mol. The third-order valence-corrected chi connectivity index (χ3v) is 3.73. The molecule has 106 valence electrons. The number of carbonyl (C=O) groups excluding carboxylic acids is 1. The Morgan fingerprint density at radius 2 is 1.81 bits per heavy atom. The third kappa shape index (κ3) is 2.25. The number of aldehydes is 1. The van der Waals surface area contributed by atoms with Gasteiger partial charge in [-0.2, -0.15) is 0 Å². The van der Waals surface area contributed by atoms with E-state index >= 15 is 0 Å². The molecule has 0 spiro atoms. The van der Waals surface area contributed by atoms with Crippen LogP contribution in [0.25, 0.3) is 22.0 Å². The van der Waals surface area contributed by atoms with Gasteiger partial charge < -0.3 is 4.57 Å². The van der Waals surface area contributed by atoms with Crippen molar-refractivity contribution in [3.63, 3.8) is 0 Å². The summed E-state index contributed by atoms with van der Waals surface area (Å²) in [6, 6.07) is 12.6. The number of hydrogen-bond acceptors (Lipinski definition) is 1. The summed E-state index contributed by atoms with van der Waals surface area (Å²) in [6.07, 6.45) is 2.77. The maximum Gasteiger partial charge on any atom is 0.152 e. The fourth-order valence-electron chi connectivity index (χ4n) is 2.73. The number of rotatable bonds is 3. The molecule has 3 aromatic rings. The highest BCUT2D eigenvalue weighted by molar-refractivity contribution is 6.06. The Morgan fingerprint density at radius 3 is 2.43 bits per heavy atom. The van der Waals surface area contributed by atoms with Crippen molar-refractivity contribution in [3.8, 4) is 11.1 Å². The van der Waals surface area contributed by atoms with Gasteiger partial charge in [0, 0.05) is 28.7 Å². The zero-order valence-corrected chi connectivity index (χ0v) is 12.0. The van der Waals surface area contributed by atoms with Crippen LogP contribution < -0.4 is 0 Å². The highest BCUT2D eigenvalue weighted by Crippen LogP contribution is 2.33. The van der Waals surface area contributed by atoms with Gasteiger partial charge in [-0.15, -0.1) is 0 Å². The van der Waals surface area contributed by atoms with Crippen LogP contribution in [0.4, 0.5) is 4.39 Å². The number of benzene rings is 2. The van der Waals surface area contributed by atoms with Crippen LogP contribution in [0, 0.1) is 5.82 Å². The van der Waals surface area contributed by atoms with Gasteiger partial charge in [-0.25, -0.2) is 4.39 Å². The van der Waals surface area contributed by atoms with Crippen molar-refractivity contribution in [2.75, 3.05) is 0 Å². The number of halogens is 1. The van der Waals surface area contributed by atoms with Crippen LogP contribution in [0.1, 0.15) is 30.2 Å². The molecule has 0 aliphatic carbocycles. The van der Waals surface area contributed by atoms with Crippen LogP contribution in [0.3, 0.4) is 0 Å². The van der Waals surface area contributed by atoms with E-state index in [1.54, 1.807) is 12.1 Å². The Kier molecular flexibility index (Phi) is 3.34. The van der Waals surface area contributed by atoms with Gasteiger partial charge in [0.2, 0.25) is 0 Å². The Hall–Kier alpha value is -2.42. The van der Waals surface area contributed by atoms with E-state index in [0.29, 0.717) is 5.56 Å². The average Bonchev–Trinajstić information content (AvgIpc) is 2.87. The minimum absolute atomic E-state index is 0.263. The largest absolute Gasteiger partial charge is 0.344 e. The van der Waals surface area contributed by atoms with Crippen molar-refractivity contribution in [2.45, 2.75) is 19.9 Å². The fourth-order valence-corrected chi connectivity index (χ4v) is 2.73. The van der Waals surface area contributed by atoms with Crippen LogP contribution in [0.2, 0.25) is 0 Å². The number of nitrogens with zero attached hydrogens (tertiary/aromatic N) is 1. The van der Waals surface area contributed by atoms with E-state index in [1.165, 1.54) is 12.1 Å². The van der Waals surface area contributed by atoms with Crippen molar-refractivity contribution in [3.05, 3.63) is 60.0 Å². The Bertz CT molecular complexity index is 800. The summed E-state index contributed by atoms with van der Waals surface area (Å²) in [5.41, 5.74) is 3.55. The van der Waals surface area contributed by atoms with E-state index in [2.05, 4.69) is 18.4 Å². The molecular weight excluding hydrogens is 265 g/mol. The molecule has 0 saturated carbocycles. The van der Waals surface area contributed by atoms with Gasteiger partial charge in [0.1, 0.15) is 5.82 Å². The lowest BCUT2D eigenvalue weighted by Gasteiger charge is -2.10. The smallest absolute Gasteiger partial charge is 0.152 e. The lowest BCUT2D eigenvalue weighted by molar-refractivity contribution is 0.112. The summed E-state index contributed by atoms with van der Waals surface area (Å²) in [5.74, 6) is -0.263. The van der Waals surface area contributed by atoms with Crippen LogP contribution >= 0.6 is 0 Å². The Balaban J connectivity index is 2.33. The van der Waals surface area contributed by atoms with E-state index in [0.717, 1.165) is 28.3 Å². The molecule has 0 aliphatic heterocycles. The molecule has 3 rings (SSSR count). The van der Waals surface area contributed by atoms with Crippen molar-refractivity contribution >= 4 is 17.2 Å². The topological polar surface area (TPSA) is 22.0 Å². The van der Waals surface area contributed by atoms with E-state index in [-0.39, 0.29) is 11.9 Å². The van der Waals surface area contributed by atoms with Gasteiger partial charge in [-0.05, 0) is 43.2 Å². The summed E-state index contributed by atoms with van der Waals surface area (Å²) in [7, 11) is 0. The second-order valence-corrected chi connectivity index (χ2v) is 5.41. The minimum Gasteiger partial charge on any atom is -0.344 e. The fraction of sp³-hybridized carbons (Fsp3) is 0.167. The van der Waals surface area contributed by atoms with Crippen LogP contribution in [-0.2, 0) is 0 Å². The standard InChI is InChI=1S/C18H16FNO/c1-12(2)20-10-14(11-21)18-16(4-3-5-17(18)20)13-6-8-15(19)9-7-13/h3-12H,1-2H3.